The van der Waals surface area contributed by atoms with Crippen LogP contribution >= 0.6 is 11.8 Å². The van der Waals surface area contributed by atoms with Crippen molar-refractivity contribution in [2.75, 3.05) is 32.6 Å². The summed E-state index contributed by atoms with van der Waals surface area (Å²) in [4.78, 5) is 14.5. The van der Waals surface area contributed by atoms with Crippen molar-refractivity contribution in [1.29, 1.82) is 0 Å². The Balaban J connectivity index is 1.31. The number of ether oxygens (including phenoxy) is 1. The van der Waals surface area contributed by atoms with Crippen LogP contribution in [0.15, 0.2) is 0 Å². The molecule has 124 valence electrons. The molecule has 1 saturated heterocycles. The van der Waals surface area contributed by atoms with E-state index in [0.29, 0.717) is 16.4 Å². The van der Waals surface area contributed by atoms with E-state index in [1.807, 2.05) is 23.7 Å². The van der Waals surface area contributed by atoms with E-state index in [0.717, 1.165) is 37.5 Å². The van der Waals surface area contributed by atoms with Crippen LogP contribution in [0.2, 0.25) is 0 Å². The Bertz CT molecular complexity index is 425. The predicted octanol–water partition coefficient (Wildman–Crippen LogP) is 3.18. The predicted molar refractivity (Wildman–Crippen MR) is 89.9 cm³/mol. The molecule has 1 heterocycles. The van der Waals surface area contributed by atoms with E-state index in [1.54, 1.807) is 0 Å². The van der Waals surface area contributed by atoms with Crippen molar-refractivity contribution >= 4 is 17.7 Å². The normalized spacial score (nSPS) is 41.3. The van der Waals surface area contributed by atoms with Gasteiger partial charge in [-0.2, -0.15) is 0 Å². The molecule has 4 bridgehead atoms. The van der Waals surface area contributed by atoms with Crippen molar-refractivity contribution < 1.29 is 9.53 Å². The fourth-order valence-corrected chi connectivity index (χ4v) is 7.45. The van der Waals surface area contributed by atoms with Gasteiger partial charge in [0.25, 0.3) is 0 Å². The summed E-state index contributed by atoms with van der Waals surface area (Å²) in [6.45, 7) is 4.65. The second-order valence-corrected chi connectivity index (χ2v) is 10.4. The van der Waals surface area contributed by atoms with E-state index in [-0.39, 0.29) is 5.41 Å². The van der Waals surface area contributed by atoms with Gasteiger partial charge in [0.2, 0.25) is 5.91 Å². The van der Waals surface area contributed by atoms with Gasteiger partial charge in [0.1, 0.15) is 0 Å². The molecule has 0 N–H and O–H groups in total. The van der Waals surface area contributed by atoms with Gasteiger partial charge in [-0.05, 0) is 56.3 Å². The molecule has 1 amide bonds. The summed E-state index contributed by atoms with van der Waals surface area (Å²) in [5.41, 5.74) is 0.190. The number of carbonyl (C=O) groups is 1. The zero-order chi connectivity index (χ0) is 15.4. The van der Waals surface area contributed by atoms with E-state index in [1.165, 1.54) is 38.5 Å². The number of hydrogen-bond acceptors (Lipinski definition) is 3. The minimum atomic E-state index is 0.190. The second kappa shape index (κ2) is 5.41. The van der Waals surface area contributed by atoms with Gasteiger partial charge >= 0.3 is 0 Å². The summed E-state index contributed by atoms with van der Waals surface area (Å²) in [5.74, 6) is 3.90. The van der Waals surface area contributed by atoms with Crippen LogP contribution in [0.5, 0.6) is 0 Å². The van der Waals surface area contributed by atoms with Crippen LogP contribution in [-0.2, 0) is 9.53 Å². The minimum absolute atomic E-state index is 0.190. The zero-order valence-electron chi connectivity index (χ0n) is 14.0. The highest BCUT2D eigenvalue weighted by atomic mass is 32.2. The molecule has 3 nitrogen and oxygen atoms in total. The molecule has 0 spiro atoms. The van der Waals surface area contributed by atoms with Gasteiger partial charge in [-0.3, -0.25) is 4.79 Å². The summed E-state index contributed by atoms with van der Waals surface area (Å²) in [5, 5.41) is 0. The van der Waals surface area contributed by atoms with Crippen LogP contribution in [0.1, 0.15) is 45.4 Å². The fourth-order valence-electron chi connectivity index (χ4n) is 5.74. The van der Waals surface area contributed by atoms with E-state index < -0.39 is 0 Å². The maximum atomic E-state index is 12.5. The third-order valence-corrected chi connectivity index (χ3v) is 7.93. The lowest BCUT2D eigenvalue weighted by atomic mass is 9.56. The van der Waals surface area contributed by atoms with Gasteiger partial charge in [-0.1, -0.05) is 6.92 Å². The Hall–Kier alpha value is -0.220. The van der Waals surface area contributed by atoms with E-state index >= 15 is 0 Å². The SMILES string of the molecule is CN(CC1(C)COC1)C(=O)CSC12CC3CC(CC(C3)C1)C2. The van der Waals surface area contributed by atoms with Crippen molar-refractivity contribution in [2.45, 2.75) is 50.2 Å². The van der Waals surface area contributed by atoms with Crippen LogP contribution in [0.4, 0.5) is 0 Å². The first-order valence-electron chi connectivity index (χ1n) is 8.91. The summed E-state index contributed by atoms with van der Waals surface area (Å²) in [6, 6.07) is 0. The van der Waals surface area contributed by atoms with Crippen molar-refractivity contribution in [3.8, 4) is 0 Å². The lowest BCUT2D eigenvalue weighted by Gasteiger charge is -2.56. The smallest absolute Gasteiger partial charge is 0.232 e. The highest BCUT2D eigenvalue weighted by Gasteiger charge is 2.51. The average Bonchev–Trinajstić information content (AvgIpc) is 2.41. The van der Waals surface area contributed by atoms with Crippen molar-refractivity contribution in [2.24, 2.45) is 23.2 Å². The molecule has 5 rings (SSSR count). The second-order valence-electron chi connectivity index (χ2n) is 8.94. The number of thioether (sulfide) groups is 1. The van der Waals surface area contributed by atoms with Gasteiger partial charge in [-0.15, -0.1) is 11.8 Å². The van der Waals surface area contributed by atoms with E-state index in [2.05, 4.69) is 6.92 Å². The summed E-state index contributed by atoms with van der Waals surface area (Å²) in [7, 11) is 1.96. The van der Waals surface area contributed by atoms with Crippen LogP contribution in [0.3, 0.4) is 0 Å². The van der Waals surface area contributed by atoms with Gasteiger partial charge in [0, 0.05) is 23.8 Å². The molecular formula is C18H29NO2S. The maximum Gasteiger partial charge on any atom is 0.232 e. The molecule has 22 heavy (non-hydrogen) atoms. The summed E-state index contributed by atoms with van der Waals surface area (Å²) >= 11 is 2.00. The molecule has 4 aliphatic carbocycles. The molecule has 0 atom stereocenters. The highest BCUT2D eigenvalue weighted by Crippen LogP contribution is 2.60. The maximum absolute atomic E-state index is 12.5. The molecule has 0 unspecified atom stereocenters. The van der Waals surface area contributed by atoms with Crippen LogP contribution in [-0.4, -0.2) is 48.1 Å². The van der Waals surface area contributed by atoms with Gasteiger partial charge in [-0.25, -0.2) is 0 Å². The molecule has 0 radical (unpaired) electrons. The quantitative estimate of drug-likeness (QED) is 0.778. The molecule has 1 aliphatic heterocycles. The highest BCUT2D eigenvalue weighted by molar-refractivity contribution is 8.01. The minimum Gasteiger partial charge on any atom is -0.380 e. The third-order valence-electron chi connectivity index (χ3n) is 6.43. The summed E-state index contributed by atoms with van der Waals surface area (Å²) in [6.07, 6.45) is 8.58. The summed E-state index contributed by atoms with van der Waals surface area (Å²) < 4.78 is 5.75. The van der Waals surface area contributed by atoms with Crippen molar-refractivity contribution in [3.63, 3.8) is 0 Å². The lowest BCUT2D eigenvalue weighted by molar-refractivity contribution is -0.139. The van der Waals surface area contributed by atoms with Gasteiger partial charge < -0.3 is 9.64 Å². The van der Waals surface area contributed by atoms with Gasteiger partial charge in [0.15, 0.2) is 0 Å². The number of hydrogen-bond donors (Lipinski definition) is 0. The first kappa shape index (κ1) is 15.3. The van der Waals surface area contributed by atoms with E-state index in [9.17, 15) is 4.79 Å². The molecule has 0 aromatic heterocycles. The first-order valence-corrected chi connectivity index (χ1v) is 9.90. The Kier molecular flexibility index (Phi) is 3.76. The fraction of sp³-hybridized carbons (Fsp3) is 0.944. The van der Waals surface area contributed by atoms with Crippen molar-refractivity contribution in [3.05, 3.63) is 0 Å². The number of amides is 1. The molecule has 0 aromatic carbocycles. The lowest BCUT2D eigenvalue weighted by Crippen LogP contribution is -2.51. The average molecular weight is 324 g/mol. The molecular weight excluding hydrogens is 294 g/mol. The Morgan fingerprint density at radius 3 is 2.14 bits per heavy atom. The number of carbonyl (C=O) groups excluding carboxylic acids is 1. The number of nitrogens with zero attached hydrogens (tertiary/aromatic N) is 1. The first-order chi connectivity index (χ1) is 10.5. The topological polar surface area (TPSA) is 29.5 Å². The van der Waals surface area contributed by atoms with Crippen LogP contribution in [0, 0.1) is 23.2 Å². The zero-order valence-corrected chi connectivity index (χ0v) is 14.8. The van der Waals surface area contributed by atoms with Gasteiger partial charge in [0.05, 0.1) is 19.0 Å². The Morgan fingerprint density at radius 1 is 1.14 bits per heavy atom. The van der Waals surface area contributed by atoms with Crippen molar-refractivity contribution in [1.82, 2.24) is 4.90 Å². The van der Waals surface area contributed by atoms with E-state index in [4.69, 9.17) is 4.74 Å². The molecule has 5 aliphatic rings. The van der Waals surface area contributed by atoms with Crippen LogP contribution in [0.25, 0.3) is 0 Å². The molecule has 5 fully saturated rings. The Labute approximate surface area is 138 Å². The monoisotopic (exact) mass is 323 g/mol. The molecule has 4 heteroatoms. The number of rotatable bonds is 5. The third kappa shape index (κ3) is 2.82. The Morgan fingerprint density at radius 2 is 1.68 bits per heavy atom. The largest absolute Gasteiger partial charge is 0.380 e. The van der Waals surface area contributed by atoms with Crippen LogP contribution < -0.4 is 0 Å². The molecule has 0 aromatic rings. The standard InChI is InChI=1S/C18H29NO2S/c1-17(11-21-12-17)10-19(2)16(20)9-22-18-6-13-3-14(7-18)5-15(4-13)8-18/h13-15H,3-12H2,1-2H3. The molecule has 4 saturated carbocycles.